The summed E-state index contributed by atoms with van der Waals surface area (Å²) in [6, 6.07) is 2.66. The molecule has 0 amide bonds. The van der Waals surface area contributed by atoms with Crippen LogP contribution in [0.15, 0.2) is 0 Å². The molecule has 2 fully saturated rings. The SMILES string of the molecule is CCCCCCCC1CCC(OCOC2CCC(C#N)(CCCCCC)CC2)CC1. The van der Waals surface area contributed by atoms with E-state index in [9.17, 15) is 5.26 Å². The van der Waals surface area contributed by atoms with Crippen LogP contribution in [0.4, 0.5) is 0 Å². The van der Waals surface area contributed by atoms with E-state index in [1.165, 1.54) is 89.9 Å². The van der Waals surface area contributed by atoms with Gasteiger partial charge in [0, 0.05) is 0 Å². The molecule has 0 aliphatic heterocycles. The number of unbranched alkanes of at least 4 members (excludes halogenated alkanes) is 7. The lowest BCUT2D eigenvalue weighted by molar-refractivity contribution is -0.137. The topological polar surface area (TPSA) is 42.2 Å². The van der Waals surface area contributed by atoms with Crippen molar-refractivity contribution in [2.45, 2.75) is 148 Å². The maximum Gasteiger partial charge on any atom is 0.147 e. The van der Waals surface area contributed by atoms with E-state index in [0.717, 1.165) is 38.0 Å². The Morgan fingerprint density at radius 1 is 0.733 bits per heavy atom. The van der Waals surface area contributed by atoms with Gasteiger partial charge < -0.3 is 9.47 Å². The Balaban J connectivity index is 1.51. The molecule has 174 valence electrons. The first-order valence-corrected chi connectivity index (χ1v) is 13.4. The van der Waals surface area contributed by atoms with Gasteiger partial charge >= 0.3 is 0 Å². The van der Waals surface area contributed by atoms with Gasteiger partial charge in [-0.15, -0.1) is 0 Å². The number of nitrogens with zero attached hydrogens (tertiary/aromatic N) is 1. The van der Waals surface area contributed by atoms with E-state index in [0.29, 0.717) is 19.0 Å². The lowest BCUT2D eigenvalue weighted by Gasteiger charge is -2.35. The average molecular weight is 420 g/mol. The molecule has 2 aliphatic rings. The van der Waals surface area contributed by atoms with Crippen molar-refractivity contribution in [3.63, 3.8) is 0 Å². The zero-order valence-electron chi connectivity index (χ0n) is 20.1. The Bertz CT molecular complexity index is 456. The molecule has 3 heteroatoms. The van der Waals surface area contributed by atoms with Crippen LogP contribution in [0.2, 0.25) is 0 Å². The second-order valence-corrected chi connectivity index (χ2v) is 10.2. The van der Waals surface area contributed by atoms with E-state index in [2.05, 4.69) is 19.9 Å². The summed E-state index contributed by atoms with van der Waals surface area (Å²) in [4.78, 5) is 0. The number of rotatable bonds is 15. The van der Waals surface area contributed by atoms with E-state index >= 15 is 0 Å². The summed E-state index contributed by atoms with van der Waals surface area (Å²) in [5, 5.41) is 9.73. The Kier molecular flexibility index (Phi) is 13.0. The maximum absolute atomic E-state index is 9.73. The van der Waals surface area contributed by atoms with Crippen LogP contribution >= 0.6 is 0 Å². The van der Waals surface area contributed by atoms with E-state index in [4.69, 9.17) is 9.47 Å². The zero-order valence-corrected chi connectivity index (χ0v) is 20.1. The molecular weight excluding hydrogens is 370 g/mol. The number of ether oxygens (including phenoxy) is 2. The van der Waals surface area contributed by atoms with Gasteiger partial charge in [0.05, 0.1) is 23.7 Å². The van der Waals surface area contributed by atoms with Gasteiger partial charge in [-0.3, -0.25) is 0 Å². The van der Waals surface area contributed by atoms with Crippen LogP contribution in [0, 0.1) is 22.7 Å². The molecule has 0 radical (unpaired) electrons. The van der Waals surface area contributed by atoms with Gasteiger partial charge in [0.2, 0.25) is 0 Å². The van der Waals surface area contributed by atoms with Gasteiger partial charge in [0.15, 0.2) is 0 Å². The number of nitriles is 1. The summed E-state index contributed by atoms with van der Waals surface area (Å²) in [7, 11) is 0. The molecule has 30 heavy (non-hydrogen) atoms. The van der Waals surface area contributed by atoms with Gasteiger partial charge in [0.25, 0.3) is 0 Å². The van der Waals surface area contributed by atoms with E-state index in [1.807, 2.05) is 0 Å². The van der Waals surface area contributed by atoms with Crippen molar-refractivity contribution >= 4 is 0 Å². The normalized spacial score (nSPS) is 29.6. The van der Waals surface area contributed by atoms with Crippen molar-refractivity contribution in [2.75, 3.05) is 6.79 Å². The molecule has 2 aliphatic carbocycles. The smallest absolute Gasteiger partial charge is 0.147 e. The molecule has 0 spiro atoms. The standard InChI is InChI=1S/C27H49NO2/c1-3-5-7-9-10-12-24-13-15-25(16-14-24)29-23-30-26-17-20-27(22-28,21-18-26)19-11-8-6-4-2/h24-26H,3-21,23H2,1-2H3. The highest BCUT2D eigenvalue weighted by atomic mass is 16.7. The molecule has 0 unspecified atom stereocenters. The quantitative estimate of drug-likeness (QED) is 0.198. The Labute approximate surface area is 187 Å². The fraction of sp³-hybridized carbons (Fsp3) is 0.963. The molecule has 2 rings (SSSR count). The van der Waals surface area contributed by atoms with Crippen LogP contribution in [0.1, 0.15) is 136 Å². The third-order valence-corrected chi connectivity index (χ3v) is 7.75. The molecular formula is C27H49NO2. The van der Waals surface area contributed by atoms with Crippen molar-refractivity contribution in [3.05, 3.63) is 0 Å². The largest absolute Gasteiger partial charge is 0.352 e. The minimum atomic E-state index is -0.0800. The molecule has 0 heterocycles. The summed E-state index contributed by atoms with van der Waals surface area (Å²) in [5.41, 5.74) is -0.0800. The molecule has 2 saturated carbocycles. The fourth-order valence-corrected chi connectivity index (χ4v) is 5.47. The van der Waals surface area contributed by atoms with Gasteiger partial charge in [0.1, 0.15) is 6.79 Å². The second-order valence-electron chi connectivity index (χ2n) is 10.2. The summed E-state index contributed by atoms with van der Waals surface area (Å²) in [5.74, 6) is 0.933. The van der Waals surface area contributed by atoms with Crippen molar-refractivity contribution in [3.8, 4) is 6.07 Å². The minimum absolute atomic E-state index is 0.0800. The first-order valence-electron chi connectivity index (χ1n) is 13.4. The summed E-state index contributed by atoms with van der Waals surface area (Å²) < 4.78 is 12.1. The van der Waals surface area contributed by atoms with Crippen molar-refractivity contribution in [2.24, 2.45) is 11.3 Å². The van der Waals surface area contributed by atoms with Crippen molar-refractivity contribution < 1.29 is 9.47 Å². The lowest BCUT2D eigenvalue weighted by Crippen LogP contribution is -2.31. The van der Waals surface area contributed by atoms with E-state index < -0.39 is 0 Å². The van der Waals surface area contributed by atoms with Crippen molar-refractivity contribution in [1.29, 1.82) is 5.26 Å². The van der Waals surface area contributed by atoms with Gasteiger partial charge in [-0.2, -0.15) is 5.26 Å². The van der Waals surface area contributed by atoms with E-state index in [-0.39, 0.29) is 5.41 Å². The number of hydrogen-bond acceptors (Lipinski definition) is 3. The van der Waals surface area contributed by atoms with Gasteiger partial charge in [-0.1, -0.05) is 78.1 Å². The predicted molar refractivity (Wildman–Crippen MR) is 125 cm³/mol. The molecule has 0 N–H and O–H groups in total. The first kappa shape index (κ1) is 25.7. The highest BCUT2D eigenvalue weighted by Crippen LogP contribution is 2.41. The van der Waals surface area contributed by atoms with Crippen LogP contribution in [0.25, 0.3) is 0 Å². The highest BCUT2D eigenvalue weighted by Gasteiger charge is 2.35. The van der Waals surface area contributed by atoms with Crippen LogP contribution < -0.4 is 0 Å². The average Bonchev–Trinajstić information content (AvgIpc) is 2.79. The predicted octanol–water partition coefficient (Wildman–Crippen LogP) is 8.32. The third-order valence-electron chi connectivity index (χ3n) is 7.75. The van der Waals surface area contributed by atoms with Crippen LogP contribution in [0.5, 0.6) is 0 Å². The second kappa shape index (κ2) is 15.3. The first-order chi connectivity index (χ1) is 14.7. The Morgan fingerprint density at radius 3 is 1.90 bits per heavy atom. The van der Waals surface area contributed by atoms with Crippen molar-refractivity contribution in [1.82, 2.24) is 0 Å². The fourth-order valence-electron chi connectivity index (χ4n) is 5.47. The minimum Gasteiger partial charge on any atom is -0.352 e. The van der Waals surface area contributed by atoms with E-state index in [1.54, 1.807) is 0 Å². The molecule has 3 nitrogen and oxygen atoms in total. The molecule has 0 atom stereocenters. The maximum atomic E-state index is 9.73. The Morgan fingerprint density at radius 2 is 1.30 bits per heavy atom. The molecule has 0 aromatic carbocycles. The zero-order chi connectivity index (χ0) is 21.5. The lowest BCUT2D eigenvalue weighted by atomic mass is 9.71. The van der Waals surface area contributed by atoms with Crippen LogP contribution in [0.3, 0.4) is 0 Å². The van der Waals surface area contributed by atoms with Crippen LogP contribution in [-0.4, -0.2) is 19.0 Å². The summed E-state index contributed by atoms with van der Waals surface area (Å²) >= 11 is 0. The van der Waals surface area contributed by atoms with Gasteiger partial charge in [-0.05, 0) is 63.7 Å². The monoisotopic (exact) mass is 419 g/mol. The molecule has 0 saturated heterocycles. The van der Waals surface area contributed by atoms with Gasteiger partial charge in [-0.25, -0.2) is 0 Å². The Hall–Kier alpha value is -0.590. The van der Waals surface area contributed by atoms with Crippen LogP contribution in [-0.2, 0) is 9.47 Å². The molecule has 0 aromatic heterocycles. The molecule has 0 bridgehead atoms. The number of hydrogen-bond donors (Lipinski definition) is 0. The summed E-state index contributed by atoms with van der Waals surface area (Å²) in [6.45, 7) is 4.98. The highest BCUT2D eigenvalue weighted by molar-refractivity contribution is 5.01. The summed E-state index contributed by atoms with van der Waals surface area (Å²) in [6.07, 6.45) is 24.4. The molecule has 0 aromatic rings. The third kappa shape index (κ3) is 9.69.